The van der Waals surface area contributed by atoms with Crippen LogP contribution in [0.2, 0.25) is 0 Å². The Kier molecular flexibility index (Phi) is 8.09. The topological polar surface area (TPSA) is 78.0 Å². The summed E-state index contributed by atoms with van der Waals surface area (Å²) in [6.07, 6.45) is 3.72. The number of likely N-dealkylation sites (tertiary alicyclic amines) is 1. The highest BCUT2D eigenvalue weighted by Gasteiger charge is 2.43. The smallest absolute Gasteiger partial charge is 0.312 e. The second-order valence-electron chi connectivity index (χ2n) is 8.04. The molecule has 0 radical (unpaired) electrons. The van der Waals surface area contributed by atoms with Gasteiger partial charge in [0.25, 0.3) is 5.91 Å². The molecule has 32 heavy (non-hydrogen) atoms. The minimum absolute atomic E-state index is 0.149. The van der Waals surface area contributed by atoms with Crippen LogP contribution in [0.15, 0.2) is 42.5 Å². The summed E-state index contributed by atoms with van der Waals surface area (Å²) in [5, 5.41) is 0. The molecule has 1 aromatic carbocycles. The van der Waals surface area contributed by atoms with Crippen molar-refractivity contribution in [2.75, 3.05) is 33.9 Å². The molecule has 172 valence electrons. The van der Waals surface area contributed by atoms with Crippen molar-refractivity contribution in [2.45, 2.75) is 39.0 Å². The number of carbonyl (C=O) groups excluding carboxylic acids is 2. The maximum absolute atomic E-state index is 13.1. The maximum atomic E-state index is 13.1. The Balaban J connectivity index is 1.68. The summed E-state index contributed by atoms with van der Waals surface area (Å²) >= 11 is 0. The summed E-state index contributed by atoms with van der Waals surface area (Å²) in [4.78, 5) is 32.0. The van der Waals surface area contributed by atoms with Crippen molar-refractivity contribution in [3.8, 4) is 11.8 Å². The van der Waals surface area contributed by atoms with Crippen molar-refractivity contribution in [3.63, 3.8) is 0 Å². The van der Waals surface area contributed by atoms with Crippen molar-refractivity contribution in [3.05, 3.63) is 53.6 Å². The monoisotopic (exact) mass is 440 g/mol. The molecule has 3 rings (SSSR count). The van der Waals surface area contributed by atoms with E-state index in [1.807, 2.05) is 25.1 Å². The average molecular weight is 441 g/mol. The quantitative estimate of drug-likeness (QED) is 0.550. The van der Waals surface area contributed by atoms with Crippen LogP contribution in [-0.4, -0.2) is 55.7 Å². The van der Waals surface area contributed by atoms with Gasteiger partial charge in [0.1, 0.15) is 5.56 Å². The van der Waals surface area contributed by atoms with Gasteiger partial charge in [0.2, 0.25) is 11.8 Å². The third-order valence-corrected chi connectivity index (χ3v) is 6.15. The van der Waals surface area contributed by atoms with Gasteiger partial charge in [-0.2, -0.15) is 4.98 Å². The number of aryl methyl sites for hydroxylation is 1. The summed E-state index contributed by atoms with van der Waals surface area (Å²) in [5.41, 5.74) is 1.10. The van der Waals surface area contributed by atoms with Gasteiger partial charge >= 0.3 is 5.97 Å². The molecular weight excluding hydrogens is 408 g/mol. The molecule has 1 amide bonds. The summed E-state index contributed by atoms with van der Waals surface area (Å²) in [5.74, 6) is 0.318. The molecule has 0 saturated carbocycles. The lowest BCUT2D eigenvalue weighted by atomic mass is 9.74. The molecule has 0 atom stereocenters. The SMILES string of the molecule is CCOC(=O)C1(CCCc2ccccc2)CCN(C(=O)c2ccc(OC)nc2OC)CC1. The van der Waals surface area contributed by atoms with Crippen LogP contribution >= 0.6 is 0 Å². The van der Waals surface area contributed by atoms with Gasteiger partial charge in [-0.05, 0) is 50.7 Å². The minimum Gasteiger partial charge on any atom is -0.481 e. The number of ether oxygens (including phenoxy) is 3. The molecule has 0 bridgehead atoms. The molecule has 0 N–H and O–H groups in total. The van der Waals surface area contributed by atoms with Gasteiger partial charge in [-0.3, -0.25) is 9.59 Å². The van der Waals surface area contributed by atoms with Crippen molar-refractivity contribution >= 4 is 11.9 Å². The average Bonchev–Trinajstić information content (AvgIpc) is 2.84. The van der Waals surface area contributed by atoms with E-state index >= 15 is 0 Å². The largest absolute Gasteiger partial charge is 0.481 e. The second-order valence-corrected chi connectivity index (χ2v) is 8.04. The number of esters is 1. The van der Waals surface area contributed by atoms with Gasteiger partial charge in [-0.25, -0.2) is 0 Å². The Morgan fingerprint density at radius 2 is 1.75 bits per heavy atom. The summed E-state index contributed by atoms with van der Waals surface area (Å²) in [7, 11) is 2.99. The van der Waals surface area contributed by atoms with Crippen molar-refractivity contribution < 1.29 is 23.8 Å². The fourth-order valence-electron chi connectivity index (χ4n) is 4.28. The molecule has 1 saturated heterocycles. The van der Waals surface area contributed by atoms with E-state index < -0.39 is 5.41 Å². The standard InChI is InChI=1S/C25H32N2O5/c1-4-32-24(29)25(14-8-11-19-9-6-5-7-10-19)15-17-27(18-16-25)23(28)20-12-13-21(30-2)26-22(20)31-3/h5-7,9-10,12-13H,4,8,11,14-18H2,1-3H3. The third-order valence-electron chi connectivity index (χ3n) is 6.15. The highest BCUT2D eigenvalue weighted by atomic mass is 16.5. The number of nitrogens with zero attached hydrogens (tertiary/aromatic N) is 2. The van der Waals surface area contributed by atoms with Gasteiger partial charge in [0.05, 0.1) is 26.2 Å². The van der Waals surface area contributed by atoms with E-state index in [-0.39, 0.29) is 17.8 Å². The van der Waals surface area contributed by atoms with Crippen molar-refractivity contribution in [1.29, 1.82) is 0 Å². The first-order valence-electron chi connectivity index (χ1n) is 11.1. The lowest BCUT2D eigenvalue weighted by molar-refractivity contribution is -0.159. The van der Waals surface area contributed by atoms with Gasteiger partial charge in [0, 0.05) is 19.2 Å². The molecule has 2 heterocycles. The molecule has 1 aliphatic heterocycles. The first-order chi connectivity index (χ1) is 15.5. The van der Waals surface area contributed by atoms with E-state index in [0.717, 1.165) is 19.3 Å². The zero-order valence-corrected chi connectivity index (χ0v) is 19.1. The molecule has 1 aliphatic rings. The lowest BCUT2D eigenvalue weighted by Crippen LogP contribution is -2.47. The highest BCUT2D eigenvalue weighted by molar-refractivity contribution is 5.96. The maximum Gasteiger partial charge on any atom is 0.312 e. The van der Waals surface area contributed by atoms with Crippen molar-refractivity contribution in [1.82, 2.24) is 9.88 Å². The molecule has 0 aliphatic carbocycles. The Morgan fingerprint density at radius 1 is 1.03 bits per heavy atom. The van der Waals surface area contributed by atoms with Crippen LogP contribution in [0, 0.1) is 5.41 Å². The van der Waals surface area contributed by atoms with E-state index in [4.69, 9.17) is 14.2 Å². The first-order valence-corrected chi connectivity index (χ1v) is 11.1. The predicted molar refractivity (Wildman–Crippen MR) is 121 cm³/mol. The highest BCUT2D eigenvalue weighted by Crippen LogP contribution is 2.39. The number of piperidine rings is 1. The fourth-order valence-corrected chi connectivity index (χ4v) is 4.28. The molecule has 1 aromatic heterocycles. The Labute approximate surface area is 189 Å². The Morgan fingerprint density at radius 3 is 2.38 bits per heavy atom. The van der Waals surface area contributed by atoms with Crippen LogP contribution in [0.5, 0.6) is 11.8 Å². The van der Waals surface area contributed by atoms with Gasteiger partial charge in [0.15, 0.2) is 0 Å². The van der Waals surface area contributed by atoms with Crippen LogP contribution in [-0.2, 0) is 16.0 Å². The molecule has 0 spiro atoms. The summed E-state index contributed by atoms with van der Waals surface area (Å²) < 4.78 is 15.9. The number of methoxy groups -OCH3 is 2. The van der Waals surface area contributed by atoms with Crippen LogP contribution in [0.25, 0.3) is 0 Å². The Hall–Kier alpha value is -3.09. The number of hydrogen-bond donors (Lipinski definition) is 0. The summed E-state index contributed by atoms with van der Waals surface area (Å²) in [6, 6.07) is 13.6. The number of carbonyl (C=O) groups is 2. The zero-order valence-electron chi connectivity index (χ0n) is 19.1. The van der Waals surface area contributed by atoms with Crippen LogP contribution in [0.4, 0.5) is 0 Å². The molecular formula is C25H32N2O5. The van der Waals surface area contributed by atoms with Crippen LogP contribution < -0.4 is 9.47 Å². The minimum atomic E-state index is -0.552. The van der Waals surface area contributed by atoms with E-state index in [2.05, 4.69) is 17.1 Å². The van der Waals surface area contributed by atoms with Gasteiger partial charge < -0.3 is 19.1 Å². The van der Waals surface area contributed by atoms with E-state index in [1.54, 1.807) is 17.0 Å². The Bertz CT molecular complexity index is 908. The normalized spacial score (nSPS) is 15.2. The molecule has 2 aromatic rings. The van der Waals surface area contributed by atoms with E-state index in [9.17, 15) is 9.59 Å². The first kappa shape index (κ1) is 23.6. The molecule has 1 fully saturated rings. The van der Waals surface area contributed by atoms with Gasteiger partial charge in [-0.15, -0.1) is 0 Å². The van der Waals surface area contributed by atoms with E-state index in [1.165, 1.54) is 19.8 Å². The molecule has 7 heteroatoms. The van der Waals surface area contributed by atoms with Crippen molar-refractivity contribution in [2.24, 2.45) is 5.41 Å². The van der Waals surface area contributed by atoms with Crippen LogP contribution in [0.3, 0.4) is 0 Å². The summed E-state index contributed by atoms with van der Waals surface area (Å²) in [6.45, 7) is 3.16. The second kappa shape index (κ2) is 11.0. The molecule has 0 unspecified atom stereocenters. The predicted octanol–water partition coefficient (Wildman–Crippen LogP) is 3.91. The zero-order chi connectivity index (χ0) is 23.0. The number of amides is 1. The number of rotatable bonds is 9. The van der Waals surface area contributed by atoms with Gasteiger partial charge in [-0.1, -0.05) is 30.3 Å². The lowest BCUT2D eigenvalue weighted by Gasteiger charge is -2.40. The third kappa shape index (κ3) is 5.39. The molecule has 7 nitrogen and oxygen atoms in total. The number of benzene rings is 1. The number of aromatic nitrogens is 1. The number of pyridine rings is 1. The fraction of sp³-hybridized carbons (Fsp3) is 0.480. The number of hydrogen-bond acceptors (Lipinski definition) is 6. The van der Waals surface area contributed by atoms with Crippen LogP contribution in [0.1, 0.15) is 48.5 Å². The van der Waals surface area contributed by atoms with E-state index in [0.29, 0.717) is 44.0 Å².